The summed E-state index contributed by atoms with van der Waals surface area (Å²) < 4.78 is 4.46. The van der Waals surface area contributed by atoms with Gasteiger partial charge in [-0.3, -0.25) is 9.59 Å². The van der Waals surface area contributed by atoms with Gasteiger partial charge < -0.3 is 9.84 Å². The van der Waals surface area contributed by atoms with Crippen LogP contribution >= 0.6 is 0 Å². The van der Waals surface area contributed by atoms with E-state index < -0.39 is 18.4 Å². The number of hydrogen-bond acceptors (Lipinski definition) is 3. The quantitative estimate of drug-likeness (QED) is 0.393. The number of allylic oxidation sites excluding steroid dienone is 1. The lowest BCUT2D eigenvalue weighted by molar-refractivity contribution is -0.147. The van der Waals surface area contributed by atoms with Gasteiger partial charge in [-0.1, -0.05) is 13.8 Å². The van der Waals surface area contributed by atoms with Crippen molar-refractivity contribution in [2.24, 2.45) is 5.92 Å². The van der Waals surface area contributed by atoms with Crippen LogP contribution in [0.25, 0.3) is 0 Å². The maximum absolute atomic E-state index is 10.6. The summed E-state index contributed by atoms with van der Waals surface area (Å²) in [4.78, 5) is 20.6. The van der Waals surface area contributed by atoms with Crippen LogP contribution in [-0.4, -0.2) is 17.0 Å². The fourth-order valence-electron chi connectivity index (χ4n) is 0.437. The molecule has 0 spiro atoms. The molecule has 4 heteroatoms. The highest BCUT2D eigenvalue weighted by Gasteiger charge is 2.06. The predicted molar refractivity (Wildman–Crippen MR) is 42.3 cm³/mol. The van der Waals surface area contributed by atoms with Crippen LogP contribution in [0, 0.1) is 5.92 Å². The minimum atomic E-state index is -1.18. The molecule has 12 heavy (non-hydrogen) atoms. The molecule has 1 N–H and O–H groups in total. The van der Waals surface area contributed by atoms with Crippen LogP contribution in [0.1, 0.15) is 20.3 Å². The Hall–Kier alpha value is -1.32. The van der Waals surface area contributed by atoms with Gasteiger partial charge >= 0.3 is 11.9 Å². The minimum Gasteiger partial charge on any atom is -0.481 e. The Kier molecular flexibility index (Phi) is 4.76. The second-order valence-electron chi connectivity index (χ2n) is 2.63. The SMILES string of the molecule is CC(C)C=COC(=O)CC(=O)O. The van der Waals surface area contributed by atoms with Crippen LogP contribution in [0.3, 0.4) is 0 Å². The molecule has 0 unspecified atom stereocenters. The van der Waals surface area contributed by atoms with E-state index in [2.05, 4.69) is 4.74 Å². The topological polar surface area (TPSA) is 63.6 Å². The molecular formula is C8H12O4. The van der Waals surface area contributed by atoms with Gasteiger partial charge in [0.15, 0.2) is 0 Å². The van der Waals surface area contributed by atoms with E-state index in [9.17, 15) is 9.59 Å². The van der Waals surface area contributed by atoms with Crippen molar-refractivity contribution in [2.75, 3.05) is 0 Å². The standard InChI is InChI=1S/C8H12O4/c1-6(2)3-4-12-8(11)5-7(9)10/h3-4,6H,5H2,1-2H3,(H,9,10). The van der Waals surface area contributed by atoms with Crippen molar-refractivity contribution in [2.45, 2.75) is 20.3 Å². The first-order valence-corrected chi connectivity index (χ1v) is 3.60. The normalized spacial score (nSPS) is 10.6. The summed E-state index contributed by atoms with van der Waals surface area (Å²) in [7, 11) is 0. The van der Waals surface area contributed by atoms with Crippen LogP contribution in [0.2, 0.25) is 0 Å². The third kappa shape index (κ3) is 6.80. The Morgan fingerprint density at radius 3 is 2.50 bits per heavy atom. The van der Waals surface area contributed by atoms with Gasteiger partial charge in [-0.2, -0.15) is 0 Å². The van der Waals surface area contributed by atoms with E-state index in [0.29, 0.717) is 0 Å². The van der Waals surface area contributed by atoms with Crippen LogP contribution in [-0.2, 0) is 14.3 Å². The Bertz CT molecular complexity index is 193. The highest BCUT2D eigenvalue weighted by molar-refractivity contribution is 5.90. The smallest absolute Gasteiger partial charge is 0.321 e. The van der Waals surface area contributed by atoms with Crippen molar-refractivity contribution >= 4 is 11.9 Å². The number of ether oxygens (including phenoxy) is 1. The summed E-state index contributed by atoms with van der Waals surface area (Å²) in [5.74, 6) is -1.65. The molecule has 0 aliphatic heterocycles. The van der Waals surface area contributed by atoms with Crippen molar-refractivity contribution in [1.82, 2.24) is 0 Å². The third-order valence-corrected chi connectivity index (χ3v) is 0.959. The first-order valence-electron chi connectivity index (χ1n) is 3.60. The number of carbonyl (C=O) groups is 2. The largest absolute Gasteiger partial charge is 0.481 e. The fourth-order valence-corrected chi connectivity index (χ4v) is 0.437. The average molecular weight is 172 g/mol. The van der Waals surface area contributed by atoms with E-state index >= 15 is 0 Å². The molecule has 0 bridgehead atoms. The van der Waals surface area contributed by atoms with Crippen molar-refractivity contribution in [3.8, 4) is 0 Å². The molecule has 0 atom stereocenters. The van der Waals surface area contributed by atoms with Gasteiger partial charge in [0.1, 0.15) is 6.42 Å². The van der Waals surface area contributed by atoms with E-state index in [0.717, 1.165) is 0 Å². The van der Waals surface area contributed by atoms with Gasteiger partial charge in [0.25, 0.3) is 0 Å². The lowest BCUT2D eigenvalue weighted by Gasteiger charge is -1.96. The number of rotatable bonds is 4. The van der Waals surface area contributed by atoms with Crippen LogP contribution in [0.4, 0.5) is 0 Å². The molecule has 0 aliphatic rings. The van der Waals surface area contributed by atoms with E-state index in [1.165, 1.54) is 6.26 Å². The van der Waals surface area contributed by atoms with Crippen molar-refractivity contribution < 1.29 is 19.4 Å². The Morgan fingerprint density at radius 2 is 2.08 bits per heavy atom. The number of carboxylic acid groups (broad SMARTS) is 1. The highest BCUT2D eigenvalue weighted by atomic mass is 16.5. The van der Waals surface area contributed by atoms with E-state index in [1.807, 2.05) is 13.8 Å². The maximum Gasteiger partial charge on any atom is 0.321 e. The summed E-state index contributed by atoms with van der Waals surface area (Å²) in [5.41, 5.74) is 0. The number of hydrogen-bond donors (Lipinski definition) is 1. The highest BCUT2D eigenvalue weighted by Crippen LogP contribution is 1.95. The van der Waals surface area contributed by atoms with E-state index in [-0.39, 0.29) is 5.92 Å². The molecule has 0 heterocycles. The number of carbonyl (C=O) groups excluding carboxylic acids is 1. The third-order valence-electron chi connectivity index (χ3n) is 0.959. The molecule has 0 saturated carbocycles. The van der Waals surface area contributed by atoms with Gasteiger partial charge in [0.05, 0.1) is 6.26 Å². The van der Waals surface area contributed by atoms with Gasteiger partial charge in [-0.15, -0.1) is 0 Å². The van der Waals surface area contributed by atoms with Crippen LogP contribution in [0.15, 0.2) is 12.3 Å². The molecule has 0 aromatic rings. The van der Waals surface area contributed by atoms with Crippen LogP contribution in [0.5, 0.6) is 0 Å². The molecule has 0 radical (unpaired) electrons. The predicted octanol–water partition coefficient (Wildman–Crippen LogP) is 1.17. The molecule has 4 nitrogen and oxygen atoms in total. The summed E-state index contributed by atoms with van der Waals surface area (Å²) in [6.45, 7) is 3.84. The van der Waals surface area contributed by atoms with Crippen molar-refractivity contribution in [1.29, 1.82) is 0 Å². The molecule has 0 amide bonds. The maximum atomic E-state index is 10.6. The molecule has 0 aromatic carbocycles. The first kappa shape index (κ1) is 10.7. The average Bonchev–Trinajstić information content (AvgIpc) is 1.84. The van der Waals surface area contributed by atoms with E-state index in [1.54, 1.807) is 6.08 Å². The Labute approximate surface area is 70.8 Å². The zero-order valence-electron chi connectivity index (χ0n) is 7.11. The minimum absolute atomic E-state index is 0.280. The molecule has 0 aliphatic carbocycles. The first-order chi connectivity index (χ1) is 5.52. The second-order valence-corrected chi connectivity index (χ2v) is 2.63. The molecule has 0 fully saturated rings. The second kappa shape index (κ2) is 5.35. The number of esters is 1. The van der Waals surface area contributed by atoms with Gasteiger partial charge in [0, 0.05) is 0 Å². The Morgan fingerprint density at radius 1 is 1.50 bits per heavy atom. The lowest BCUT2D eigenvalue weighted by atomic mass is 10.2. The van der Waals surface area contributed by atoms with Gasteiger partial charge in [0.2, 0.25) is 0 Å². The Balaban J connectivity index is 3.64. The summed E-state index contributed by atoms with van der Waals surface area (Å²) in [6, 6.07) is 0. The molecule has 0 aromatic heterocycles. The summed E-state index contributed by atoms with van der Waals surface area (Å²) >= 11 is 0. The molecule has 0 rings (SSSR count). The number of aliphatic carboxylic acids is 1. The summed E-state index contributed by atoms with van der Waals surface area (Å²) in [6.07, 6.45) is 2.29. The van der Waals surface area contributed by atoms with E-state index in [4.69, 9.17) is 5.11 Å². The van der Waals surface area contributed by atoms with Crippen molar-refractivity contribution in [3.63, 3.8) is 0 Å². The fraction of sp³-hybridized carbons (Fsp3) is 0.500. The zero-order chi connectivity index (χ0) is 9.56. The summed E-state index contributed by atoms with van der Waals surface area (Å²) in [5, 5.41) is 8.17. The lowest BCUT2D eigenvalue weighted by Crippen LogP contribution is -2.07. The molecular weight excluding hydrogens is 160 g/mol. The van der Waals surface area contributed by atoms with Gasteiger partial charge in [-0.05, 0) is 12.0 Å². The zero-order valence-corrected chi connectivity index (χ0v) is 7.11. The molecule has 0 saturated heterocycles. The van der Waals surface area contributed by atoms with Gasteiger partial charge in [-0.25, -0.2) is 0 Å². The van der Waals surface area contributed by atoms with Crippen LogP contribution < -0.4 is 0 Å². The van der Waals surface area contributed by atoms with Crippen molar-refractivity contribution in [3.05, 3.63) is 12.3 Å². The molecule has 68 valence electrons. The monoisotopic (exact) mass is 172 g/mol. The number of carboxylic acids is 1.